The summed E-state index contributed by atoms with van der Waals surface area (Å²) in [4.78, 5) is 23.1. The van der Waals surface area contributed by atoms with Gasteiger partial charge in [0.2, 0.25) is 0 Å². The first-order valence-corrected chi connectivity index (χ1v) is 6.52. The fraction of sp³-hybridized carbons (Fsp3) is 0.467. The van der Waals surface area contributed by atoms with Crippen molar-refractivity contribution in [1.29, 1.82) is 0 Å². The van der Waals surface area contributed by atoms with Crippen LogP contribution in [-0.2, 0) is 17.6 Å². The predicted molar refractivity (Wildman–Crippen MR) is 68.8 cm³/mol. The van der Waals surface area contributed by atoms with Gasteiger partial charge in [-0.1, -0.05) is 19.1 Å². The molecular weight excluding hydrogens is 228 g/mol. The van der Waals surface area contributed by atoms with Crippen LogP contribution in [0.1, 0.15) is 47.7 Å². The SMILES string of the molecule is CCC(C(=O)O)C(=O)c1ccc2c(c1)CCCC2. The molecule has 96 valence electrons. The summed E-state index contributed by atoms with van der Waals surface area (Å²) in [6, 6.07) is 5.65. The molecule has 1 aliphatic carbocycles. The molecular formula is C15H18O3. The number of Topliss-reactive ketones (excluding diaryl/α,β-unsaturated/α-hetero) is 1. The first-order valence-electron chi connectivity index (χ1n) is 6.52. The first kappa shape index (κ1) is 12.8. The Balaban J connectivity index is 2.28. The summed E-state index contributed by atoms with van der Waals surface area (Å²) in [6.45, 7) is 1.73. The van der Waals surface area contributed by atoms with Crippen LogP contribution in [0.15, 0.2) is 18.2 Å². The fourth-order valence-electron chi connectivity index (χ4n) is 2.56. The Bertz CT molecular complexity index is 477. The zero-order valence-electron chi connectivity index (χ0n) is 10.6. The summed E-state index contributed by atoms with van der Waals surface area (Å²) in [6.07, 6.45) is 4.76. The molecule has 1 aromatic carbocycles. The number of carboxylic acid groups (broad SMARTS) is 1. The summed E-state index contributed by atoms with van der Waals surface area (Å²) >= 11 is 0. The molecule has 1 N–H and O–H groups in total. The van der Waals surface area contributed by atoms with Crippen LogP contribution in [0.4, 0.5) is 0 Å². The maximum Gasteiger partial charge on any atom is 0.314 e. The number of aliphatic carboxylic acids is 1. The maximum atomic E-state index is 12.1. The number of benzene rings is 1. The molecule has 0 aliphatic heterocycles. The van der Waals surface area contributed by atoms with Gasteiger partial charge in [0.05, 0.1) is 0 Å². The van der Waals surface area contributed by atoms with E-state index in [1.54, 1.807) is 13.0 Å². The Hall–Kier alpha value is -1.64. The van der Waals surface area contributed by atoms with Gasteiger partial charge in [-0.2, -0.15) is 0 Å². The first-order chi connectivity index (χ1) is 8.63. The van der Waals surface area contributed by atoms with Gasteiger partial charge in [-0.25, -0.2) is 0 Å². The number of rotatable bonds is 4. The van der Waals surface area contributed by atoms with Crippen molar-refractivity contribution in [3.8, 4) is 0 Å². The molecule has 0 saturated heterocycles. The molecule has 1 unspecified atom stereocenters. The fourth-order valence-corrected chi connectivity index (χ4v) is 2.56. The zero-order chi connectivity index (χ0) is 13.1. The van der Waals surface area contributed by atoms with Gasteiger partial charge in [-0.05, 0) is 49.3 Å². The van der Waals surface area contributed by atoms with E-state index >= 15 is 0 Å². The van der Waals surface area contributed by atoms with E-state index in [2.05, 4.69) is 0 Å². The van der Waals surface area contributed by atoms with E-state index in [9.17, 15) is 9.59 Å². The van der Waals surface area contributed by atoms with Gasteiger partial charge in [0, 0.05) is 5.56 Å². The lowest BCUT2D eigenvalue weighted by Crippen LogP contribution is -2.23. The second kappa shape index (κ2) is 5.34. The highest BCUT2D eigenvalue weighted by molar-refractivity contribution is 6.08. The Kier molecular flexibility index (Phi) is 3.80. The number of hydrogen-bond donors (Lipinski definition) is 1. The summed E-state index contributed by atoms with van der Waals surface area (Å²) in [5, 5.41) is 9.02. The molecule has 0 radical (unpaired) electrons. The lowest BCUT2D eigenvalue weighted by Gasteiger charge is -2.17. The van der Waals surface area contributed by atoms with Crippen LogP contribution >= 0.6 is 0 Å². The molecule has 3 nitrogen and oxygen atoms in total. The van der Waals surface area contributed by atoms with Crippen molar-refractivity contribution in [3.63, 3.8) is 0 Å². The van der Waals surface area contributed by atoms with Crippen LogP contribution in [-0.4, -0.2) is 16.9 Å². The molecule has 1 atom stereocenters. The highest BCUT2D eigenvalue weighted by Gasteiger charge is 2.25. The minimum Gasteiger partial charge on any atom is -0.481 e. The third-order valence-corrected chi connectivity index (χ3v) is 3.66. The molecule has 0 heterocycles. The summed E-state index contributed by atoms with van der Waals surface area (Å²) < 4.78 is 0. The molecule has 0 fully saturated rings. The zero-order valence-corrected chi connectivity index (χ0v) is 10.6. The van der Waals surface area contributed by atoms with Crippen LogP contribution in [0.2, 0.25) is 0 Å². The lowest BCUT2D eigenvalue weighted by atomic mass is 9.87. The number of carboxylic acids is 1. The summed E-state index contributed by atoms with van der Waals surface area (Å²) in [5.74, 6) is -2.20. The van der Waals surface area contributed by atoms with Crippen molar-refractivity contribution < 1.29 is 14.7 Å². The quantitative estimate of drug-likeness (QED) is 0.656. The number of carbonyl (C=O) groups excluding carboxylic acids is 1. The van der Waals surface area contributed by atoms with Crippen molar-refractivity contribution in [2.75, 3.05) is 0 Å². The number of ketones is 1. The smallest absolute Gasteiger partial charge is 0.314 e. The monoisotopic (exact) mass is 246 g/mol. The predicted octanol–water partition coefficient (Wildman–Crippen LogP) is 2.86. The van der Waals surface area contributed by atoms with Gasteiger partial charge in [-0.15, -0.1) is 0 Å². The number of carbonyl (C=O) groups is 2. The van der Waals surface area contributed by atoms with E-state index in [-0.39, 0.29) is 5.78 Å². The lowest BCUT2D eigenvalue weighted by molar-refractivity contribution is -0.140. The maximum absolute atomic E-state index is 12.1. The summed E-state index contributed by atoms with van der Waals surface area (Å²) in [7, 11) is 0. The standard InChI is InChI=1S/C15H18O3/c1-2-13(15(17)18)14(16)12-8-7-10-5-3-4-6-11(10)9-12/h7-9,13H,2-6H2,1H3,(H,17,18). The van der Waals surface area contributed by atoms with Crippen LogP contribution in [0.25, 0.3) is 0 Å². The second-order valence-corrected chi connectivity index (χ2v) is 4.85. The van der Waals surface area contributed by atoms with Gasteiger partial charge in [0.1, 0.15) is 5.92 Å². The van der Waals surface area contributed by atoms with E-state index in [4.69, 9.17) is 5.11 Å². The van der Waals surface area contributed by atoms with Crippen molar-refractivity contribution in [3.05, 3.63) is 34.9 Å². The van der Waals surface area contributed by atoms with Crippen LogP contribution < -0.4 is 0 Å². The van der Waals surface area contributed by atoms with E-state index in [0.29, 0.717) is 12.0 Å². The number of hydrogen-bond acceptors (Lipinski definition) is 2. The summed E-state index contributed by atoms with van der Waals surface area (Å²) in [5.41, 5.74) is 3.07. The van der Waals surface area contributed by atoms with Crippen LogP contribution in [0.3, 0.4) is 0 Å². The second-order valence-electron chi connectivity index (χ2n) is 4.85. The van der Waals surface area contributed by atoms with Gasteiger partial charge in [-0.3, -0.25) is 9.59 Å². The molecule has 0 bridgehead atoms. The third kappa shape index (κ3) is 2.45. The Labute approximate surface area is 107 Å². The minimum absolute atomic E-state index is 0.265. The molecule has 18 heavy (non-hydrogen) atoms. The van der Waals surface area contributed by atoms with Gasteiger partial charge >= 0.3 is 5.97 Å². The molecule has 0 saturated carbocycles. The number of fused-ring (bicyclic) bond motifs is 1. The molecule has 3 heteroatoms. The van der Waals surface area contributed by atoms with Crippen molar-refractivity contribution >= 4 is 11.8 Å². The van der Waals surface area contributed by atoms with Gasteiger partial charge in [0.25, 0.3) is 0 Å². The van der Waals surface area contributed by atoms with E-state index in [0.717, 1.165) is 19.3 Å². The molecule has 2 rings (SSSR count). The highest BCUT2D eigenvalue weighted by Crippen LogP contribution is 2.24. The minimum atomic E-state index is -1.03. The molecule has 0 spiro atoms. The van der Waals surface area contributed by atoms with E-state index in [1.807, 2.05) is 12.1 Å². The van der Waals surface area contributed by atoms with E-state index in [1.165, 1.54) is 17.5 Å². The van der Waals surface area contributed by atoms with Crippen molar-refractivity contribution in [2.45, 2.75) is 39.0 Å². The Morgan fingerprint density at radius 2 is 1.89 bits per heavy atom. The molecule has 1 aromatic rings. The third-order valence-electron chi connectivity index (χ3n) is 3.66. The topological polar surface area (TPSA) is 54.4 Å². The van der Waals surface area contributed by atoms with Gasteiger partial charge in [0.15, 0.2) is 5.78 Å². The van der Waals surface area contributed by atoms with E-state index < -0.39 is 11.9 Å². The molecule has 1 aliphatic rings. The average Bonchev–Trinajstić information content (AvgIpc) is 2.38. The normalized spacial score (nSPS) is 15.8. The van der Waals surface area contributed by atoms with Gasteiger partial charge < -0.3 is 5.11 Å². The average molecular weight is 246 g/mol. The Morgan fingerprint density at radius 3 is 2.50 bits per heavy atom. The largest absolute Gasteiger partial charge is 0.481 e. The molecule has 0 amide bonds. The van der Waals surface area contributed by atoms with Crippen LogP contribution in [0, 0.1) is 5.92 Å². The van der Waals surface area contributed by atoms with Crippen LogP contribution in [0.5, 0.6) is 0 Å². The van der Waals surface area contributed by atoms with Crippen molar-refractivity contribution in [1.82, 2.24) is 0 Å². The highest BCUT2D eigenvalue weighted by atomic mass is 16.4. The number of aryl methyl sites for hydroxylation is 2. The van der Waals surface area contributed by atoms with Crippen molar-refractivity contribution in [2.24, 2.45) is 5.92 Å². The Morgan fingerprint density at radius 1 is 1.22 bits per heavy atom. The molecule has 0 aromatic heterocycles.